The zero-order chi connectivity index (χ0) is 37.5. The van der Waals surface area contributed by atoms with Crippen LogP contribution in [0.4, 0.5) is 10.5 Å². The number of piperazine rings is 1. The third kappa shape index (κ3) is 10.5. The lowest BCUT2D eigenvalue weighted by Crippen LogP contribution is -2.47. The van der Waals surface area contributed by atoms with Gasteiger partial charge in [0.25, 0.3) is 15.9 Å². The van der Waals surface area contributed by atoms with Gasteiger partial charge in [0.05, 0.1) is 10.6 Å². The van der Waals surface area contributed by atoms with Crippen molar-refractivity contribution >= 4 is 39.3 Å². The van der Waals surface area contributed by atoms with Crippen LogP contribution >= 0.6 is 11.6 Å². The molecule has 12 nitrogen and oxygen atoms in total. The van der Waals surface area contributed by atoms with Gasteiger partial charge in [-0.3, -0.25) is 9.69 Å². The third-order valence-corrected chi connectivity index (χ3v) is 12.2. The lowest BCUT2D eigenvalue weighted by molar-refractivity contribution is -0.140. The summed E-state index contributed by atoms with van der Waals surface area (Å²) in [6.45, 7) is 14.0. The zero-order valence-corrected chi connectivity index (χ0v) is 32.9. The van der Waals surface area contributed by atoms with Gasteiger partial charge in [0.15, 0.2) is 0 Å². The van der Waals surface area contributed by atoms with E-state index in [2.05, 4.69) is 31.8 Å². The fourth-order valence-electron chi connectivity index (χ4n) is 7.22. The van der Waals surface area contributed by atoms with Gasteiger partial charge < -0.3 is 29.3 Å². The average Bonchev–Trinajstić information content (AvgIpc) is 3.10. The van der Waals surface area contributed by atoms with Gasteiger partial charge in [-0.2, -0.15) is 0 Å². The second kappa shape index (κ2) is 17.8. The predicted octanol–water partition coefficient (Wildman–Crippen LogP) is 5.07. The van der Waals surface area contributed by atoms with Crippen LogP contribution in [0.25, 0.3) is 0 Å². The number of hydrogen-bond acceptors (Lipinski definition) is 10. The Bertz CT molecular complexity index is 1650. The zero-order valence-electron chi connectivity index (χ0n) is 31.3. The summed E-state index contributed by atoms with van der Waals surface area (Å²) in [4.78, 5) is 32.5. The number of likely N-dealkylation sites (N-methyl/N-ethyl adjacent to an activating group) is 1. The van der Waals surface area contributed by atoms with Gasteiger partial charge in [0.1, 0.15) is 24.1 Å². The Morgan fingerprint density at radius 1 is 1.04 bits per heavy atom. The van der Waals surface area contributed by atoms with E-state index in [4.69, 9.17) is 25.8 Å². The van der Waals surface area contributed by atoms with Crippen molar-refractivity contribution in [2.75, 3.05) is 70.9 Å². The molecule has 14 heteroatoms. The largest absolute Gasteiger partial charge is 0.487 e. The minimum atomic E-state index is -4.24. The fraction of sp³-hybridized carbons (Fsp3) is 0.632. The molecule has 5 rings (SSSR count). The molecule has 52 heavy (non-hydrogen) atoms. The van der Waals surface area contributed by atoms with E-state index >= 15 is 0 Å². The van der Waals surface area contributed by atoms with Gasteiger partial charge >= 0.3 is 6.09 Å². The van der Waals surface area contributed by atoms with Crippen LogP contribution in [0.5, 0.6) is 5.75 Å². The molecule has 0 unspecified atom stereocenters. The molecule has 2 aromatic carbocycles. The third-order valence-electron chi connectivity index (χ3n) is 10.7. The molecule has 2 fully saturated rings. The lowest BCUT2D eigenvalue weighted by Gasteiger charge is -2.43. The normalized spacial score (nSPS) is 21.0. The standard InChI is InChI=1S/C38H56ClN5O7S/c1-6-50-38(3,4)36(45)41-52(47,48)32-13-15-35-34(24-32)44(17-8-7-9-28-23-31(39)12-10-30(28)26-49-35)25-29-11-14-33(29)27(2)51-37(46)40-16-18-43-21-19-42(5)20-22-43/h10,12-13,15,23-24,27,29,33H,6-9,11,14,16-22,25-26H2,1-5H3,(H,40,46)(H,41,45)/t27-,29-,33-/m0/s1. The number of fused-ring (bicyclic) bond motifs is 2. The molecule has 2 aliphatic heterocycles. The monoisotopic (exact) mass is 761 g/mol. The molecule has 2 aromatic rings. The molecule has 288 valence electrons. The van der Waals surface area contributed by atoms with E-state index in [0.717, 1.165) is 76.0 Å². The van der Waals surface area contributed by atoms with E-state index in [9.17, 15) is 18.0 Å². The van der Waals surface area contributed by atoms with E-state index in [1.165, 1.54) is 19.9 Å². The number of aryl methyl sites for hydroxylation is 1. The van der Waals surface area contributed by atoms with Crippen LogP contribution in [-0.2, 0) is 37.3 Å². The SMILES string of the molecule is CCOC(C)(C)C(=O)NS(=O)(=O)c1ccc2c(c1)N(C[C@@H]1CC[C@H]1[C@H](C)OC(=O)NCCN1CCN(C)CC1)CCCCc1cc(Cl)ccc1CO2. The molecular weight excluding hydrogens is 706 g/mol. The topological polar surface area (TPSA) is 130 Å². The van der Waals surface area contributed by atoms with E-state index in [1.54, 1.807) is 19.1 Å². The summed E-state index contributed by atoms with van der Waals surface area (Å²) in [7, 11) is -2.11. The first-order chi connectivity index (χ1) is 24.8. The summed E-state index contributed by atoms with van der Waals surface area (Å²) in [6.07, 6.45) is 3.81. The predicted molar refractivity (Wildman–Crippen MR) is 203 cm³/mol. The van der Waals surface area contributed by atoms with Crippen LogP contribution in [0, 0.1) is 11.8 Å². The minimum absolute atomic E-state index is 0.0438. The Morgan fingerprint density at radius 2 is 1.81 bits per heavy atom. The molecule has 0 spiro atoms. The van der Waals surface area contributed by atoms with Gasteiger partial charge in [0.2, 0.25) is 0 Å². The first kappa shape index (κ1) is 40.1. The molecular formula is C38H56ClN5O7S. The Kier molecular flexibility index (Phi) is 13.7. The Labute approximate surface area is 314 Å². The van der Waals surface area contributed by atoms with Crippen molar-refractivity contribution in [1.82, 2.24) is 19.8 Å². The van der Waals surface area contributed by atoms with Gasteiger partial charge in [0, 0.05) is 69.9 Å². The molecule has 3 atom stereocenters. The Balaban J connectivity index is 1.32. The molecule has 1 aliphatic carbocycles. The van der Waals surface area contributed by atoms with Crippen molar-refractivity contribution in [3.8, 4) is 5.75 Å². The number of alkyl carbamates (subject to hydrolysis) is 1. The summed E-state index contributed by atoms with van der Waals surface area (Å²) in [5.74, 6) is 0.171. The number of nitrogens with zero attached hydrogens (tertiary/aromatic N) is 3. The van der Waals surface area contributed by atoms with Crippen molar-refractivity contribution in [3.63, 3.8) is 0 Å². The number of amides is 2. The molecule has 0 radical (unpaired) electrons. The van der Waals surface area contributed by atoms with Crippen molar-refractivity contribution in [2.45, 2.75) is 83.0 Å². The number of carbonyl (C=O) groups is 2. The van der Waals surface area contributed by atoms with Crippen LogP contribution in [0.3, 0.4) is 0 Å². The molecule has 2 heterocycles. The molecule has 2 amide bonds. The van der Waals surface area contributed by atoms with Crippen LogP contribution in [0.2, 0.25) is 5.02 Å². The Morgan fingerprint density at radius 3 is 2.52 bits per heavy atom. The van der Waals surface area contributed by atoms with Crippen molar-refractivity contribution in [1.29, 1.82) is 0 Å². The second-order valence-electron chi connectivity index (χ2n) is 14.8. The maximum Gasteiger partial charge on any atom is 0.407 e. The summed E-state index contributed by atoms with van der Waals surface area (Å²) < 4.78 is 47.2. The molecule has 0 aromatic heterocycles. The van der Waals surface area contributed by atoms with E-state index < -0.39 is 27.6 Å². The summed E-state index contributed by atoms with van der Waals surface area (Å²) in [5.41, 5.74) is 1.47. The van der Waals surface area contributed by atoms with E-state index in [0.29, 0.717) is 42.7 Å². The molecule has 1 saturated carbocycles. The van der Waals surface area contributed by atoms with Crippen LogP contribution in [0.1, 0.15) is 64.5 Å². The molecule has 0 bridgehead atoms. The number of nitrogens with one attached hydrogen (secondary N) is 2. The van der Waals surface area contributed by atoms with Gasteiger partial charge in [-0.25, -0.2) is 17.9 Å². The van der Waals surface area contributed by atoms with Crippen LogP contribution in [0.15, 0.2) is 41.3 Å². The van der Waals surface area contributed by atoms with Gasteiger partial charge in [-0.15, -0.1) is 0 Å². The minimum Gasteiger partial charge on any atom is -0.487 e. The number of carbonyl (C=O) groups excluding carboxylic acids is 2. The fourth-order valence-corrected chi connectivity index (χ4v) is 8.54. The first-order valence-corrected chi connectivity index (χ1v) is 20.5. The van der Waals surface area contributed by atoms with E-state index in [1.807, 2.05) is 25.1 Å². The number of benzene rings is 2. The van der Waals surface area contributed by atoms with Crippen molar-refractivity contribution in [2.24, 2.45) is 11.8 Å². The summed E-state index contributed by atoms with van der Waals surface area (Å²) >= 11 is 6.35. The average molecular weight is 762 g/mol. The first-order valence-electron chi connectivity index (χ1n) is 18.6. The summed E-state index contributed by atoms with van der Waals surface area (Å²) in [5, 5.41) is 3.61. The lowest BCUT2D eigenvalue weighted by atomic mass is 9.70. The highest BCUT2D eigenvalue weighted by molar-refractivity contribution is 7.90. The van der Waals surface area contributed by atoms with Gasteiger partial charge in [-0.05, 0) is 114 Å². The maximum atomic E-state index is 13.6. The number of hydrogen-bond donors (Lipinski definition) is 2. The highest BCUT2D eigenvalue weighted by Gasteiger charge is 2.39. The number of ether oxygens (including phenoxy) is 3. The van der Waals surface area contributed by atoms with Crippen molar-refractivity contribution in [3.05, 3.63) is 52.5 Å². The number of anilines is 1. The van der Waals surface area contributed by atoms with Gasteiger partial charge in [-0.1, -0.05) is 17.7 Å². The number of sulfonamides is 1. The second-order valence-corrected chi connectivity index (χ2v) is 16.9. The Hall–Kier alpha value is -3.10. The van der Waals surface area contributed by atoms with E-state index in [-0.39, 0.29) is 29.4 Å². The number of halogens is 1. The van der Waals surface area contributed by atoms with Crippen LogP contribution < -0.4 is 19.7 Å². The smallest absolute Gasteiger partial charge is 0.407 e. The molecule has 2 N–H and O–H groups in total. The molecule has 3 aliphatic rings. The van der Waals surface area contributed by atoms with Crippen molar-refractivity contribution < 1.29 is 32.2 Å². The highest BCUT2D eigenvalue weighted by Crippen LogP contribution is 2.41. The quantitative estimate of drug-likeness (QED) is 0.303. The maximum absolute atomic E-state index is 13.6. The van der Waals surface area contributed by atoms with Crippen LogP contribution in [-0.4, -0.2) is 108 Å². The summed E-state index contributed by atoms with van der Waals surface area (Å²) in [6, 6.07) is 10.5. The highest BCUT2D eigenvalue weighted by atomic mass is 35.5. The molecule has 1 saturated heterocycles. The number of rotatable bonds is 12.